The first-order valence-electron chi connectivity index (χ1n) is 10.2. The summed E-state index contributed by atoms with van der Waals surface area (Å²) in [6.45, 7) is 7.68. The van der Waals surface area contributed by atoms with Crippen molar-refractivity contribution in [2.75, 3.05) is 26.4 Å². The van der Waals surface area contributed by atoms with Gasteiger partial charge in [0, 0.05) is 12.1 Å². The Morgan fingerprint density at radius 2 is 1.59 bits per heavy atom. The normalized spacial score (nSPS) is 16.0. The molecule has 2 aromatic carbocycles. The molecule has 5 nitrogen and oxygen atoms in total. The number of hydrogen-bond donors (Lipinski definition) is 0. The van der Waals surface area contributed by atoms with Gasteiger partial charge in [-0.15, -0.1) is 0 Å². The van der Waals surface area contributed by atoms with Gasteiger partial charge in [-0.1, -0.05) is 12.1 Å². The van der Waals surface area contributed by atoms with E-state index in [1.54, 1.807) is 24.3 Å². The summed E-state index contributed by atoms with van der Waals surface area (Å²) in [6, 6.07) is 9.75. The maximum absolute atomic E-state index is 13.4. The van der Waals surface area contributed by atoms with Gasteiger partial charge in [-0.25, -0.2) is 4.39 Å². The zero-order chi connectivity index (χ0) is 20.8. The minimum Gasteiger partial charge on any atom is -0.490 e. The van der Waals surface area contributed by atoms with Gasteiger partial charge in [0.2, 0.25) is 5.75 Å². The van der Waals surface area contributed by atoms with Gasteiger partial charge in [0.1, 0.15) is 5.82 Å². The molecule has 1 atom stereocenters. The van der Waals surface area contributed by atoms with Crippen LogP contribution in [0.3, 0.4) is 0 Å². The smallest absolute Gasteiger partial charge is 0.254 e. The van der Waals surface area contributed by atoms with Crippen molar-refractivity contribution in [3.63, 3.8) is 0 Å². The molecule has 0 aromatic heterocycles. The van der Waals surface area contributed by atoms with Gasteiger partial charge in [0.05, 0.1) is 25.9 Å². The summed E-state index contributed by atoms with van der Waals surface area (Å²) >= 11 is 0. The molecule has 1 amide bonds. The molecular weight excluding hydrogens is 373 g/mol. The van der Waals surface area contributed by atoms with E-state index < -0.39 is 0 Å². The third kappa shape index (κ3) is 4.63. The van der Waals surface area contributed by atoms with E-state index in [9.17, 15) is 9.18 Å². The van der Waals surface area contributed by atoms with Crippen LogP contribution in [0.2, 0.25) is 0 Å². The molecule has 1 fully saturated rings. The van der Waals surface area contributed by atoms with Crippen LogP contribution in [0, 0.1) is 5.82 Å². The minimum absolute atomic E-state index is 0.0687. The maximum atomic E-state index is 13.4. The summed E-state index contributed by atoms with van der Waals surface area (Å²) in [4.78, 5) is 15.2. The van der Waals surface area contributed by atoms with Gasteiger partial charge < -0.3 is 19.1 Å². The second kappa shape index (κ2) is 9.63. The number of nitrogens with zero attached hydrogens (tertiary/aromatic N) is 1. The number of rotatable bonds is 8. The Kier molecular flexibility index (Phi) is 6.96. The lowest BCUT2D eigenvalue weighted by Gasteiger charge is -2.26. The average molecular weight is 401 g/mol. The molecule has 0 spiro atoms. The molecule has 1 saturated heterocycles. The lowest BCUT2D eigenvalue weighted by atomic mass is 10.0. The molecule has 1 aliphatic heterocycles. The first kappa shape index (κ1) is 21.0. The van der Waals surface area contributed by atoms with Gasteiger partial charge in [0.25, 0.3) is 5.91 Å². The fourth-order valence-electron chi connectivity index (χ4n) is 3.72. The molecule has 29 heavy (non-hydrogen) atoms. The van der Waals surface area contributed by atoms with E-state index in [0.717, 1.165) is 18.4 Å². The number of ether oxygens (including phenoxy) is 3. The van der Waals surface area contributed by atoms with Gasteiger partial charge in [-0.05, 0) is 63.4 Å². The van der Waals surface area contributed by atoms with Crippen molar-refractivity contribution < 1.29 is 23.4 Å². The van der Waals surface area contributed by atoms with E-state index in [1.807, 2.05) is 25.7 Å². The molecule has 1 aliphatic rings. The largest absolute Gasteiger partial charge is 0.490 e. The van der Waals surface area contributed by atoms with E-state index in [2.05, 4.69) is 0 Å². The molecule has 1 heterocycles. The quantitative estimate of drug-likeness (QED) is 0.625. The van der Waals surface area contributed by atoms with Crippen LogP contribution in [0.5, 0.6) is 17.2 Å². The topological polar surface area (TPSA) is 48.0 Å². The molecule has 0 bridgehead atoms. The van der Waals surface area contributed by atoms with E-state index in [4.69, 9.17) is 14.2 Å². The van der Waals surface area contributed by atoms with Gasteiger partial charge in [0.15, 0.2) is 11.5 Å². The highest BCUT2D eigenvalue weighted by molar-refractivity contribution is 5.96. The van der Waals surface area contributed by atoms with Crippen molar-refractivity contribution in [3.05, 3.63) is 53.3 Å². The fraction of sp³-hybridized carbons (Fsp3) is 0.435. The molecule has 0 radical (unpaired) electrons. The number of carbonyl (C=O) groups excluding carboxylic acids is 1. The number of amides is 1. The Labute approximate surface area is 171 Å². The number of benzene rings is 2. The molecular formula is C23H28FNO4. The number of halogens is 1. The number of likely N-dealkylation sites (tertiary alicyclic amines) is 1. The van der Waals surface area contributed by atoms with Crippen LogP contribution in [-0.4, -0.2) is 37.2 Å². The average Bonchev–Trinajstić information content (AvgIpc) is 3.20. The first-order valence-corrected chi connectivity index (χ1v) is 10.2. The molecule has 3 rings (SSSR count). The van der Waals surface area contributed by atoms with Crippen molar-refractivity contribution in [1.82, 2.24) is 4.90 Å². The molecule has 6 heteroatoms. The lowest BCUT2D eigenvalue weighted by molar-refractivity contribution is 0.0734. The van der Waals surface area contributed by atoms with Crippen molar-refractivity contribution in [3.8, 4) is 17.2 Å². The van der Waals surface area contributed by atoms with Crippen molar-refractivity contribution >= 4 is 5.91 Å². The summed E-state index contributed by atoms with van der Waals surface area (Å²) in [7, 11) is 0. The number of carbonyl (C=O) groups is 1. The molecule has 0 aliphatic carbocycles. The van der Waals surface area contributed by atoms with Gasteiger partial charge in [-0.3, -0.25) is 4.79 Å². The van der Waals surface area contributed by atoms with Crippen LogP contribution in [-0.2, 0) is 0 Å². The lowest BCUT2D eigenvalue weighted by Crippen LogP contribution is -2.30. The second-order valence-corrected chi connectivity index (χ2v) is 6.81. The summed E-state index contributed by atoms with van der Waals surface area (Å²) < 4.78 is 30.5. The van der Waals surface area contributed by atoms with Crippen LogP contribution in [0.4, 0.5) is 4.39 Å². The molecule has 156 valence electrons. The van der Waals surface area contributed by atoms with Crippen molar-refractivity contribution in [2.24, 2.45) is 0 Å². The maximum Gasteiger partial charge on any atom is 0.254 e. The van der Waals surface area contributed by atoms with E-state index >= 15 is 0 Å². The molecule has 0 N–H and O–H groups in total. The predicted molar refractivity (Wildman–Crippen MR) is 109 cm³/mol. The highest BCUT2D eigenvalue weighted by Gasteiger charge is 2.31. The number of hydrogen-bond acceptors (Lipinski definition) is 4. The molecule has 1 unspecified atom stereocenters. The molecule has 0 saturated carbocycles. The van der Waals surface area contributed by atoms with E-state index in [0.29, 0.717) is 49.2 Å². The van der Waals surface area contributed by atoms with E-state index in [1.165, 1.54) is 12.1 Å². The Morgan fingerprint density at radius 3 is 2.14 bits per heavy atom. The fourth-order valence-corrected chi connectivity index (χ4v) is 3.72. The zero-order valence-electron chi connectivity index (χ0n) is 17.2. The van der Waals surface area contributed by atoms with Crippen LogP contribution in [0.1, 0.15) is 55.6 Å². The third-order valence-electron chi connectivity index (χ3n) is 4.92. The van der Waals surface area contributed by atoms with Gasteiger partial charge in [-0.2, -0.15) is 0 Å². The summed E-state index contributed by atoms with van der Waals surface area (Å²) in [5.74, 6) is 1.15. The van der Waals surface area contributed by atoms with Crippen LogP contribution in [0.25, 0.3) is 0 Å². The Hall–Kier alpha value is -2.76. The summed E-state index contributed by atoms with van der Waals surface area (Å²) in [6.07, 6.45) is 1.76. The predicted octanol–water partition coefficient (Wildman–Crippen LogP) is 5.00. The highest BCUT2D eigenvalue weighted by Crippen LogP contribution is 2.41. The van der Waals surface area contributed by atoms with Crippen molar-refractivity contribution in [2.45, 2.75) is 39.7 Å². The minimum atomic E-state index is -0.279. The van der Waals surface area contributed by atoms with Crippen molar-refractivity contribution in [1.29, 1.82) is 0 Å². The van der Waals surface area contributed by atoms with E-state index in [-0.39, 0.29) is 17.8 Å². The summed E-state index contributed by atoms with van der Waals surface area (Å²) in [5.41, 5.74) is 1.44. The second-order valence-electron chi connectivity index (χ2n) is 6.81. The Balaban J connectivity index is 1.95. The molecule has 2 aromatic rings. The van der Waals surface area contributed by atoms with Gasteiger partial charge >= 0.3 is 0 Å². The zero-order valence-corrected chi connectivity index (χ0v) is 17.2. The van der Waals surface area contributed by atoms with Crippen LogP contribution < -0.4 is 14.2 Å². The van der Waals surface area contributed by atoms with Crippen LogP contribution >= 0.6 is 0 Å². The van der Waals surface area contributed by atoms with Crippen LogP contribution in [0.15, 0.2) is 36.4 Å². The Morgan fingerprint density at radius 1 is 1.00 bits per heavy atom. The first-order chi connectivity index (χ1) is 14.1. The monoisotopic (exact) mass is 401 g/mol. The standard InChI is InChI=1S/C23H28FNO4/c1-4-27-20-14-17(15-21(28-5-2)22(20)29-6-3)23(26)25-13-7-8-19(25)16-9-11-18(24)12-10-16/h9-12,14-15,19H,4-8,13H2,1-3H3. The third-order valence-corrected chi connectivity index (χ3v) is 4.92. The SMILES string of the molecule is CCOc1cc(C(=O)N2CCCC2c2ccc(F)cc2)cc(OCC)c1OCC. The summed E-state index contributed by atoms with van der Waals surface area (Å²) in [5, 5.41) is 0. The Bertz CT molecular complexity index is 810. The highest BCUT2D eigenvalue weighted by atomic mass is 19.1.